The molecule has 0 aliphatic carbocycles. The van der Waals surface area contributed by atoms with Crippen LogP contribution in [0.25, 0.3) is 0 Å². The number of carbonyl (C=O) groups excluding carboxylic acids is 1. The van der Waals surface area contributed by atoms with Gasteiger partial charge in [-0.3, -0.25) is 4.79 Å². The third kappa shape index (κ3) is 2.62. The molecule has 0 fully saturated rings. The molecule has 0 spiro atoms. The molecule has 2 N–H and O–H groups in total. The van der Waals surface area contributed by atoms with Crippen molar-refractivity contribution in [2.24, 2.45) is 0 Å². The van der Waals surface area contributed by atoms with Gasteiger partial charge in [0.05, 0.1) is 5.69 Å². The highest BCUT2D eigenvalue weighted by atomic mass is 16.1. The molecule has 1 aromatic heterocycles. The quantitative estimate of drug-likeness (QED) is 0.807. The number of aromatic amines is 1. The molecule has 3 heteroatoms. The number of rotatable bonds is 4. The minimum atomic E-state index is 0.0236. The highest BCUT2D eigenvalue weighted by Gasteiger charge is 2.13. The van der Waals surface area contributed by atoms with Crippen molar-refractivity contribution in [3.05, 3.63) is 53.2 Å². The van der Waals surface area contributed by atoms with Gasteiger partial charge < -0.3 is 10.3 Å². The first-order valence-electron chi connectivity index (χ1n) is 6.14. The van der Waals surface area contributed by atoms with Crippen LogP contribution in [-0.2, 0) is 0 Å². The van der Waals surface area contributed by atoms with Crippen LogP contribution in [0.15, 0.2) is 36.4 Å². The summed E-state index contributed by atoms with van der Waals surface area (Å²) in [5.41, 5.74) is 2.39. The third-order valence-electron chi connectivity index (χ3n) is 2.73. The molecular formula is C15H18N2O. The maximum Gasteiger partial charge on any atom is 0.209 e. The molecule has 0 bridgehead atoms. The lowest BCUT2D eigenvalue weighted by Gasteiger charge is -2.08. The average molecular weight is 242 g/mol. The lowest BCUT2D eigenvalue weighted by molar-refractivity contribution is 0.103. The Hall–Kier alpha value is -2.03. The van der Waals surface area contributed by atoms with Crippen LogP contribution in [0.5, 0.6) is 0 Å². The normalized spacial score (nSPS) is 10.7. The van der Waals surface area contributed by atoms with Crippen molar-refractivity contribution < 1.29 is 4.79 Å². The topological polar surface area (TPSA) is 44.9 Å². The Balaban J connectivity index is 2.27. The van der Waals surface area contributed by atoms with Gasteiger partial charge in [0, 0.05) is 11.6 Å². The molecule has 1 aromatic carbocycles. The summed E-state index contributed by atoms with van der Waals surface area (Å²) in [6.45, 7) is 6.13. The number of hydrogen-bond acceptors (Lipinski definition) is 2. The van der Waals surface area contributed by atoms with Crippen LogP contribution in [0.2, 0.25) is 0 Å². The zero-order chi connectivity index (χ0) is 13.1. The minimum absolute atomic E-state index is 0.0236. The van der Waals surface area contributed by atoms with E-state index in [2.05, 4.69) is 24.1 Å². The van der Waals surface area contributed by atoms with Gasteiger partial charge in [-0.15, -0.1) is 0 Å². The molecule has 0 atom stereocenters. The zero-order valence-electron chi connectivity index (χ0n) is 10.9. The van der Waals surface area contributed by atoms with Crippen molar-refractivity contribution in [2.45, 2.75) is 26.8 Å². The summed E-state index contributed by atoms with van der Waals surface area (Å²) >= 11 is 0. The number of carbonyl (C=O) groups is 1. The Kier molecular flexibility index (Phi) is 3.51. The molecule has 1 heterocycles. The molecular weight excluding hydrogens is 224 g/mol. The highest BCUT2D eigenvalue weighted by molar-refractivity contribution is 6.08. The standard InChI is InChI=1S/C15H18N2O/c1-10(2)16-15-11(3)9-13(17-15)14(18)12-7-5-4-6-8-12/h4-10,16-17H,1-3H3. The van der Waals surface area contributed by atoms with Gasteiger partial charge in [0.1, 0.15) is 5.82 Å². The number of nitrogens with one attached hydrogen (secondary N) is 2. The van der Waals surface area contributed by atoms with Crippen molar-refractivity contribution in [2.75, 3.05) is 5.32 Å². The fourth-order valence-corrected chi connectivity index (χ4v) is 1.86. The van der Waals surface area contributed by atoms with E-state index in [1.807, 2.05) is 43.3 Å². The van der Waals surface area contributed by atoms with Gasteiger partial charge in [-0.25, -0.2) is 0 Å². The fraction of sp³-hybridized carbons (Fsp3) is 0.267. The molecule has 0 aliphatic heterocycles. The van der Waals surface area contributed by atoms with Gasteiger partial charge in [-0.05, 0) is 32.4 Å². The second kappa shape index (κ2) is 5.08. The van der Waals surface area contributed by atoms with Crippen LogP contribution in [0.3, 0.4) is 0 Å². The number of aromatic nitrogens is 1. The van der Waals surface area contributed by atoms with Crippen LogP contribution >= 0.6 is 0 Å². The van der Waals surface area contributed by atoms with E-state index in [9.17, 15) is 4.79 Å². The molecule has 0 amide bonds. The number of H-pyrrole nitrogens is 1. The summed E-state index contributed by atoms with van der Waals surface area (Å²) < 4.78 is 0. The van der Waals surface area contributed by atoms with Crippen LogP contribution in [0.1, 0.15) is 35.5 Å². The maximum atomic E-state index is 12.2. The summed E-state index contributed by atoms with van der Waals surface area (Å²) in [6.07, 6.45) is 0. The van der Waals surface area contributed by atoms with E-state index < -0.39 is 0 Å². The van der Waals surface area contributed by atoms with Crippen molar-refractivity contribution in [3.8, 4) is 0 Å². The number of anilines is 1. The van der Waals surface area contributed by atoms with Crippen LogP contribution in [-0.4, -0.2) is 16.8 Å². The van der Waals surface area contributed by atoms with Gasteiger partial charge >= 0.3 is 0 Å². The van der Waals surface area contributed by atoms with Gasteiger partial charge in [0.2, 0.25) is 5.78 Å². The average Bonchev–Trinajstić information content (AvgIpc) is 2.70. The molecule has 2 aromatic rings. The SMILES string of the molecule is Cc1cc(C(=O)c2ccccc2)[nH]c1NC(C)C. The van der Waals surface area contributed by atoms with E-state index in [0.29, 0.717) is 17.3 Å². The summed E-state index contributed by atoms with van der Waals surface area (Å²) in [4.78, 5) is 15.4. The Morgan fingerprint density at radius 2 is 1.89 bits per heavy atom. The minimum Gasteiger partial charge on any atom is -0.369 e. The number of aryl methyl sites for hydroxylation is 1. The molecule has 0 saturated heterocycles. The van der Waals surface area contributed by atoms with E-state index in [-0.39, 0.29) is 5.78 Å². The Labute approximate surface area is 107 Å². The molecule has 0 unspecified atom stereocenters. The largest absolute Gasteiger partial charge is 0.369 e. The molecule has 2 rings (SSSR count). The van der Waals surface area contributed by atoms with Crippen molar-refractivity contribution in [1.29, 1.82) is 0 Å². The van der Waals surface area contributed by atoms with Crippen molar-refractivity contribution in [3.63, 3.8) is 0 Å². The number of benzene rings is 1. The molecule has 0 aliphatic rings. The van der Waals surface area contributed by atoms with E-state index in [4.69, 9.17) is 0 Å². The van der Waals surface area contributed by atoms with Crippen molar-refractivity contribution in [1.82, 2.24) is 4.98 Å². The summed E-state index contributed by atoms with van der Waals surface area (Å²) in [7, 11) is 0. The second-order valence-electron chi connectivity index (χ2n) is 4.74. The van der Waals surface area contributed by atoms with E-state index >= 15 is 0 Å². The number of ketones is 1. The molecule has 18 heavy (non-hydrogen) atoms. The van der Waals surface area contributed by atoms with Gasteiger partial charge in [-0.2, -0.15) is 0 Å². The smallest absolute Gasteiger partial charge is 0.209 e. The van der Waals surface area contributed by atoms with E-state index in [1.165, 1.54) is 0 Å². The first kappa shape index (κ1) is 12.4. The first-order valence-corrected chi connectivity index (χ1v) is 6.14. The van der Waals surface area contributed by atoms with E-state index in [0.717, 1.165) is 11.4 Å². The van der Waals surface area contributed by atoms with Gasteiger partial charge in [-0.1, -0.05) is 30.3 Å². The number of hydrogen-bond donors (Lipinski definition) is 2. The molecule has 0 radical (unpaired) electrons. The lowest BCUT2D eigenvalue weighted by atomic mass is 10.1. The molecule has 94 valence electrons. The summed E-state index contributed by atoms with van der Waals surface area (Å²) in [5.74, 6) is 0.944. The zero-order valence-corrected chi connectivity index (χ0v) is 10.9. The van der Waals surface area contributed by atoms with Gasteiger partial charge in [0.25, 0.3) is 0 Å². The Morgan fingerprint density at radius 1 is 1.22 bits per heavy atom. The predicted octanol–water partition coefficient (Wildman–Crippen LogP) is 3.37. The van der Waals surface area contributed by atoms with Crippen LogP contribution < -0.4 is 5.32 Å². The Bertz CT molecular complexity index is 541. The highest BCUT2D eigenvalue weighted by Crippen LogP contribution is 2.18. The Morgan fingerprint density at radius 3 is 2.50 bits per heavy atom. The van der Waals surface area contributed by atoms with Gasteiger partial charge in [0.15, 0.2) is 0 Å². The second-order valence-corrected chi connectivity index (χ2v) is 4.74. The molecule has 0 saturated carbocycles. The summed E-state index contributed by atoms with van der Waals surface area (Å²) in [5, 5.41) is 3.29. The lowest BCUT2D eigenvalue weighted by Crippen LogP contribution is -2.11. The van der Waals surface area contributed by atoms with E-state index in [1.54, 1.807) is 0 Å². The predicted molar refractivity (Wildman–Crippen MR) is 74.2 cm³/mol. The third-order valence-corrected chi connectivity index (χ3v) is 2.73. The maximum absolute atomic E-state index is 12.2. The van der Waals surface area contributed by atoms with Crippen molar-refractivity contribution >= 4 is 11.6 Å². The molecule has 3 nitrogen and oxygen atoms in total. The fourth-order valence-electron chi connectivity index (χ4n) is 1.86. The summed E-state index contributed by atoms with van der Waals surface area (Å²) in [6, 6.07) is 11.5. The first-order chi connectivity index (χ1) is 8.58. The monoisotopic (exact) mass is 242 g/mol. The van der Waals surface area contributed by atoms with Crippen LogP contribution in [0.4, 0.5) is 5.82 Å². The van der Waals surface area contributed by atoms with Crippen LogP contribution in [0, 0.1) is 6.92 Å².